The Kier molecular flexibility index (Phi) is 3.65. The molecule has 0 saturated carbocycles. The molecule has 0 spiro atoms. The van der Waals surface area contributed by atoms with Crippen LogP contribution in [0.3, 0.4) is 0 Å². The summed E-state index contributed by atoms with van der Waals surface area (Å²) in [4.78, 5) is 16.1. The minimum Gasteiger partial charge on any atom is -0.377 e. The van der Waals surface area contributed by atoms with E-state index in [1.54, 1.807) is 6.21 Å². The Labute approximate surface area is 139 Å². The monoisotopic (exact) mass is 323 g/mol. The van der Waals surface area contributed by atoms with Crippen LogP contribution in [0.5, 0.6) is 0 Å². The molecule has 122 valence electrons. The molecule has 24 heavy (non-hydrogen) atoms. The maximum absolute atomic E-state index is 13.9. The summed E-state index contributed by atoms with van der Waals surface area (Å²) in [5, 5.41) is 6.53. The van der Waals surface area contributed by atoms with Crippen molar-refractivity contribution in [2.24, 2.45) is 4.99 Å². The molecule has 0 bridgehead atoms. The lowest BCUT2D eigenvalue weighted by atomic mass is 9.86. The maximum atomic E-state index is 13.9. The summed E-state index contributed by atoms with van der Waals surface area (Å²) >= 11 is 0. The maximum Gasteiger partial charge on any atom is 0.277 e. The van der Waals surface area contributed by atoms with Crippen molar-refractivity contribution in [1.29, 1.82) is 0 Å². The predicted molar refractivity (Wildman–Crippen MR) is 92.1 cm³/mol. The topological polar surface area (TPSA) is 53.5 Å². The minimum atomic E-state index is -0.412. The first-order valence-corrected chi connectivity index (χ1v) is 8.07. The van der Waals surface area contributed by atoms with Crippen LogP contribution in [0, 0.1) is 5.82 Å². The molecule has 2 heterocycles. The summed E-state index contributed by atoms with van der Waals surface area (Å²) in [6.45, 7) is 0.818. The van der Waals surface area contributed by atoms with Crippen LogP contribution in [0.2, 0.25) is 0 Å². The molecule has 2 aromatic carbocycles. The standard InChI is InChI=1S/C19H18FN3O/c1-21-10-11-2-4-12(5-3-11)18-14-6-7-22-19(24)15-8-13(20)9-16(23-18)17(14)15/h2-5,7-9,14,18,21,23H,6,10H2,1H3. The lowest BCUT2D eigenvalue weighted by molar-refractivity contribution is 0.100. The third-order valence-corrected chi connectivity index (χ3v) is 4.75. The van der Waals surface area contributed by atoms with Gasteiger partial charge in [-0.1, -0.05) is 24.3 Å². The second-order valence-electron chi connectivity index (χ2n) is 6.27. The zero-order valence-electron chi connectivity index (χ0n) is 13.3. The molecular weight excluding hydrogens is 305 g/mol. The van der Waals surface area contributed by atoms with Crippen LogP contribution < -0.4 is 10.6 Å². The van der Waals surface area contributed by atoms with Gasteiger partial charge < -0.3 is 10.6 Å². The van der Waals surface area contributed by atoms with Crippen LogP contribution in [0.4, 0.5) is 10.1 Å². The zero-order chi connectivity index (χ0) is 16.7. The quantitative estimate of drug-likeness (QED) is 0.910. The highest BCUT2D eigenvalue weighted by molar-refractivity contribution is 6.03. The first-order chi connectivity index (χ1) is 11.7. The van der Waals surface area contributed by atoms with E-state index in [-0.39, 0.29) is 17.9 Å². The van der Waals surface area contributed by atoms with Gasteiger partial charge in [0.1, 0.15) is 5.82 Å². The molecule has 5 heteroatoms. The SMILES string of the molecule is CNCc1ccc(C2Nc3cc(F)cc4c3C2CC=NC4=O)cc1. The normalized spacial score (nSPS) is 21.3. The number of carbonyl (C=O) groups excluding carboxylic acids is 1. The van der Waals surface area contributed by atoms with Gasteiger partial charge in [0.05, 0.1) is 11.6 Å². The summed E-state index contributed by atoms with van der Waals surface area (Å²) in [7, 11) is 1.92. The van der Waals surface area contributed by atoms with Crippen LogP contribution in [0.15, 0.2) is 41.4 Å². The van der Waals surface area contributed by atoms with Gasteiger partial charge in [0.2, 0.25) is 0 Å². The largest absolute Gasteiger partial charge is 0.377 e. The number of hydrogen-bond acceptors (Lipinski definition) is 3. The highest BCUT2D eigenvalue weighted by Crippen LogP contribution is 2.48. The number of nitrogens with one attached hydrogen (secondary N) is 2. The van der Waals surface area contributed by atoms with Crippen molar-refractivity contribution in [3.05, 3.63) is 64.5 Å². The molecule has 0 radical (unpaired) electrons. The first kappa shape index (κ1) is 15.0. The van der Waals surface area contributed by atoms with E-state index in [0.717, 1.165) is 17.7 Å². The molecule has 2 aliphatic rings. The van der Waals surface area contributed by atoms with E-state index in [2.05, 4.69) is 39.9 Å². The van der Waals surface area contributed by atoms with Crippen molar-refractivity contribution in [3.63, 3.8) is 0 Å². The van der Waals surface area contributed by atoms with Crippen molar-refractivity contribution in [2.75, 3.05) is 12.4 Å². The van der Waals surface area contributed by atoms with Crippen molar-refractivity contribution in [1.82, 2.24) is 5.32 Å². The van der Waals surface area contributed by atoms with Crippen LogP contribution in [0.25, 0.3) is 0 Å². The minimum absolute atomic E-state index is 0.0153. The van der Waals surface area contributed by atoms with E-state index in [1.165, 1.54) is 17.7 Å². The van der Waals surface area contributed by atoms with Gasteiger partial charge in [-0.3, -0.25) is 4.79 Å². The second-order valence-corrected chi connectivity index (χ2v) is 6.27. The van der Waals surface area contributed by atoms with Crippen molar-refractivity contribution < 1.29 is 9.18 Å². The summed E-state index contributed by atoms with van der Waals surface area (Å²) in [5.74, 6) is -0.688. The van der Waals surface area contributed by atoms with Crippen molar-refractivity contribution >= 4 is 17.8 Å². The Morgan fingerprint density at radius 2 is 2.08 bits per heavy atom. The molecule has 2 N–H and O–H groups in total. The van der Waals surface area contributed by atoms with Crippen LogP contribution in [-0.4, -0.2) is 19.2 Å². The van der Waals surface area contributed by atoms with Gasteiger partial charge in [0.15, 0.2) is 0 Å². The fourth-order valence-electron chi connectivity index (χ4n) is 3.68. The number of nitrogens with zero attached hydrogens (tertiary/aromatic N) is 1. The van der Waals surface area contributed by atoms with Gasteiger partial charge >= 0.3 is 0 Å². The summed E-state index contributed by atoms with van der Waals surface area (Å²) in [6, 6.07) is 11.2. The summed E-state index contributed by atoms with van der Waals surface area (Å²) < 4.78 is 13.9. The number of hydrogen-bond donors (Lipinski definition) is 2. The highest BCUT2D eigenvalue weighted by atomic mass is 19.1. The van der Waals surface area contributed by atoms with Gasteiger partial charge in [-0.15, -0.1) is 0 Å². The third-order valence-electron chi connectivity index (χ3n) is 4.75. The molecule has 2 aliphatic heterocycles. The number of carbonyl (C=O) groups is 1. The zero-order valence-corrected chi connectivity index (χ0v) is 13.3. The van der Waals surface area contributed by atoms with E-state index in [4.69, 9.17) is 0 Å². The number of benzene rings is 2. The number of halogens is 1. The van der Waals surface area contributed by atoms with Gasteiger partial charge in [-0.25, -0.2) is 9.38 Å². The molecular formula is C19H18FN3O. The fourth-order valence-corrected chi connectivity index (χ4v) is 3.68. The van der Waals surface area contributed by atoms with Gasteiger partial charge in [-0.05, 0) is 42.3 Å². The van der Waals surface area contributed by atoms with E-state index in [1.807, 2.05) is 7.05 Å². The molecule has 0 fully saturated rings. The van der Waals surface area contributed by atoms with Crippen LogP contribution in [-0.2, 0) is 6.54 Å². The molecule has 0 saturated heterocycles. The molecule has 2 aromatic rings. The van der Waals surface area contributed by atoms with Crippen LogP contribution >= 0.6 is 0 Å². The second kappa shape index (κ2) is 5.83. The van der Waals surface area contributed by atoms with E-state index >= 15 is 0 Å². The Balaban J connectivity index is 1.75. The number of amides is 1. The molecule has 4 nitrogen and oxygen atoms in total. The third kappa shape index (κ3) is 2.41. The molecule has 0 aliphatic carbocycles. The average molecular weight is 323 g/mol. The Hall–Kier alpha value is -2.53. The van der Waals surface area contributed by atoms with Gasteiger partial charge in [0.25, 0.3) is 5.91 Å². The lowest BCUT2D eigenvalue weighted by Crippen LogP contribution is -2.12. The number of aliphatic imine (C=N–C) groups is 1. The lowest BCUT2D eigenvalue weighted by Gasteiger charge is -2.20. The molecule has 1 amide bonds. The van der Waals surface area contributed by atoms with Crippen molar-refractivity contribution in [2.45, 2.75) is 24.9 Å². The predicted octanol–water partition coefficient (Wildman–Crippen LogP) is 3.41. The molecule has 4 rings (SSSR count). The number of anilines is 1. The van der Waals surface area contributed by atoms with Crippen LogP contribution in [0.1, 0.15) is 45.4 Å². The Morgan fingerprint density at radius 3 is 2.83 bits per heavy atom. The first-order valence-electron chi connectivity index (χ1n) is 8.07. The fraction of sp³-hybridized carbons (Fsp3) is 0.263. The molecule has 0 aromatic heterocycles. The average Bonchev–Trinajstić information content (AvgIpc) is 2.84. The van der Waals surface area contributed by atoms with Crippen molar-refractivity contribution in [3.8, 4) is 0 Å². The summed E-state index contributed by atoms with van der Waals surface area (Å²) in [6.07, 6.45) is 2.32. The van der Waals surface area contributed by atoms with E-state index < -0.39 is 5.82 Å². The number of rotatable bonds is 3. The van der Waals surface area contributed by atoms with Gasteiger partial charge in [0, 0.05) is 24.4 Å². The Morgan fingerprint density at radius 1 is 1.29 bits per heavy atom. The highest BCUT2D eigenvalue weighted by Gasteiger charge is 2.37. The smallest absolute Gasteiger partial charge is 0.277 e. The molecule has 2 atom stereocenters. The summed E-state index contributed by atoms with van der Waals surface area (Å²) in [5.41, 5.74) is 4.32. The van der Waals surface area contributed by atoms with E-state index in [0.29, 0.717) is 17.7 Å². The van der Waals surface area contributed by atoms with E-state index in [9.17, 15) is 9.18 Å². The molecule has 2 unspecified atom stereocenters. The Bertz CT molecular complexity index is 829. The van der Waals surface area contributed by atoms with Gasteiger partial charge in [-0.2, -0.15) is 0 Å².